The van der Waals surface area contributed by atoms with Crippen molar-refractivity contribution in [2.45, 2.75) is 53.0 Å². The number of hydrogen-bond acceptors (Lipinski definition) is 9. The number of hydrogen-bond donors (Lipinski definition) is 5. The van der Waals surface area contributed by atoms with Crippen molar-refractivity contribution in [3.05, 3.63) is 35.4 Å². The average Bonchev–Trinajstić information content (AvgIpc) is 3.03. The van der Waals surface area contributed by atoms with Crippen molar-refractivity contribution >= 4 is 30.2 Å². The van der Waals surface area contributed by atoms with Gasteiger partial charge in [0.1, 0.15) is 0 Å². The average molecular weight is 665 g/mol. The third kappa shape index (κ3) is 19.6. The Balaban J connectivity index is 0.00000354. The Hall–Kier alpha value is -3.59. The molecule has 0 aliphatic carbocycles. The molecule has 47 heavy (non-hydrogen) atoms. The largest absolute Gasteiger partial charge is 0.483 e. The van der Waals surface area contributed by atoms with Crippen LogP contribution in [0.5, 0.6) is 0 Å². The summed E-state index contributed by atoms with van der Waals surface area (Å²) < 4.78 is 0. The molecule has 0 radical (unpaired) electrons. The van der Waals surface area contributed by atoms with Gasteiger partial charge in [-0.15, -0.1) is 0 Å². The first-order valence-electron chi connectivity index (χ1n) is 16.6. The summed E-state index contributed by atoms with van der Waals surface area (Å²) in [7, 11) is 0. The van der Waals surface area contributed by atoms with Crippen LogP contribution in [0.2, 0.25) is 0 Å². The molecular formula is C33H56N6O8. The summed E-state index contributed by atoms with van der Waals surface area (Å²) in [5, 5.41) is 31.5. The van der Waals surface area contributed by atoms with Crippen LogP contribution in [0, 0.1) is 5.92 Å². The van der Waals surface area contributed by atoms with Crippen LogP contribution in [0.15, 0.2) is 24.3 Å². The summed E-state index contributed by atoms with van der Waals surface area (Å²) in [6.07, 6.45) is 4.44. The molecule has 5 N–H and O–H groups in total. The van der Waals surface area contributed by atoms with Gasteiger partial charge in [0.15, 0.2) is 0 Å². The maximum absolute atomic E-state index is 12.9. The third-order valence-corrected chi connectivity index (χ3v) is 8.27. The molecule has 2 amide bonds. The third-order valence-electron chi connectivity index (χ3n) is 8.27. The van der Waals surface area contributed by atoms with E-state index in [1.807, 2.05) is 21.9 Å². The second-order valence-corrected chi connectivity index (χ2v) is 11.9. The van der Waals surface area contributed by atoms with Gasteiger partial charge in [-0.25, -0.2) is 0 Å². The fourth-order valence-corrected chi connectivity index (χ4v) is 5.11. The first-order chi connectivity index (χ1) is 22.5. The second-order valence-electron chi connectivity index (χ2n) is 11.9. The van der Waals surface area contributed by atoms with Crippen molar-refractivity contribution in [3.63, 3.8) is 0 Å². The molecule has 1 aromatic rings. The van der Waals surface area contributed by atoms with Crippen LogP contribution in [-0.4, -0.2) is 150 Å². The van der Waals surface area contributed by atoms with Gasteiger partial charge in [0.2, 0.25) is 5.91 Å². The van der Waals surface area contributed by atoms with Crippen molar-refractivity contribution in [2.75, 3.05) is 85.1 Å². The van der Waals surface area contributed by atoms with Crippen LogP contribution < -0.4 is 10.6 Å². The Morgan fingerprint density at radius 1 is 0.766 bits per heavy atom. The highest BCUT2D eigenvalue weighted by Gasteiger charge is 2.20. The number of nitrogens with one attached hydrogen (secondary N) is 2. The minimum Gasteiger partial charge on any atom is -0.483 e. The zero-order valence-electron chi connectivity index (χ0n) is 28.4. The van der Waals surface area contributed by atoms with Crippen LogP contribution in [0.25, 0.3) is 0 Å². The minimum atomic E-state index is -0.941. The fourth-order valence-electron chi connectivity index (χ4n) is 5.11. The number of carboxylic acid groups (broad SMARTS) is 3. The lowest BCUT2D eigenvalue weighted by atomic mass is 10.0. The van der Waals surface area contributed by atoms with Crippen molar-refractivity contribution in [1.29, 1.82) is 0 Å². The van der Waals surface area contributed by atoms with Gasteiger partial charge in [0.05, 0.1) is 19.6 Å². The van der Waals surface area contributed by atoms with E-state index in [9.17, 15) is 29.4 Å². The monoisotopic (exact) mass is 664 g/mol. The lowest BCUT2D eigenvalue weighted by Crippen LogP contribution is -2.49. The molecule has 0 saturated carbocycles. The standard InChI is InChI=1S/C32H54N6O6.CH2O2/c1-4-26(3)8-6-7-13-33-32(44)28-11-9-27(10-12-28)22-34-29(39)23-36-16-14-35(5-2)15-17-37(24-30(40)41)20-21-38(19-18-36)25-31(42)43;2-1-3/h9-12,26H,4-8,13-25H2,1-3H3,(H,33,44)(H,34,39)(H,40,41)(H,42,43);1H,(H,2,3). The molecule has 14 heteroatoms. The first kappa shape index (κ1) is 41.4. The minimum absolute atomic E-state index is 0.0840. The highest BCUT2D eigenvalue weighted by molar-refractivity contribution is 5.94. The van der Waals surface area contributed by atoms with E-state index in [1.54, 1.807) is 17.0 Å². The lowest BCUT2D eigenvalue weighted by Gasteiger charge is -2.33. The molecule has 1 aromatic carbocycles. The molecule has 1 unspecified atom stereocenters. The van der Waals surface area contributed by atoms with E-state index in [0.29, 0.717) is 71.0 Å². The number of amides is 2. The van der Waals surface area contributed by atoms with Gasteiger partial charge < -0.3 is 30.9 Å². The summed E-state index contributed by atoms with van der Waals surface area (Å²) in [5.41, 5.74) is 1.49. The van der Waals surface area contributed by atoms with E-state index in [4.69, 9.17) is 9.90 Å². The number of rotatable bonds is 16. The molecule has 1 saturated heterocycles. The van der Waals surface area contributed by atoms with Crippen LogP contribution in [0.3, 0.4) is 0 Å². The Morgan fingerprint density at radius 3 is 1.68 bits per heavy atom. The predicted molar refractivity (Wildman–Crippen MR) is 179 cm³/mol. The van der Waals surface area contributed by atoms with Crippen molar-refractivity contribution in [3.8, 4) is 0 Å². The summed E-state index contributed by atoms with van der Waals surface area (Å²) in [5.74, 6) is -1.34. The quantitative estimate of drug-likeness (QED) is 0.127. The van der Waals surface area contributed by atoms with Crippen molar-refractivity contribution in [2.24, 2.45) is 5.92 Å². The maximum atomic E-state index is 12.9. The molecule has 2 rings (SSSR count). The topological polar surface area (TPSA) is 183 Å². The number of likely N-dealkylation sites (N-methyl/N-ethyl adjacent to an activating group) is 1. The number of carboxylic acids is 2. The molecule has 1 atom stereocenters. The summed E-state index contributed by atoms with van der Waals surface area (Å²) in [4.78, 5) is 64.5. The van der Waals surface area contributed by atoms with E-state index in [-0.39, 0.29) is 37.9 Å². The number of carbonyl (C=O) groups excluding carboxylic acids is 2. The van der Waals surface area contributed by atoms with Crippen LogP contribution in [0.1, 0.15) is 62.4 Å². The van der Waals surface area contributed by atoms with Gasteiger partial charge in [-0.1, -0.05) is 52.2 Å². The smallest absolute Gasteiger partial charge is 0.317 e. The lowest BCUT2D eigenvalue weighted by molar-refractivity contribution is -0.140. The molecule has 0 bridgehead atoms. The zero-order valence-corrected chi connectivity index (χ0v) is 28.4. The van der Waals surface area contributed by atoms with Gasteiger partial charge in [-0.3, -0.25) is 38.7 Å². The summed E-state index contributed by atoms with van der Waals surface area (Å²) >= 11 is 0. The fraction of sp³-hybridized carbons (Fsp3) is 0.667. The van der Waals surface area contributed by atoms with Gasteiger partial charge >= 0.3 is 11.9 Å². The Labute approximate surface area is 279 Å². The van der Waals surface area contributed by atoms with E-state index in [1.165, 1.54) is 12.8 Å². The molecule has 1 aliphatic heterocycles. The number of benzene rings is 1. The van der Waals surface area contributed by atoms with E-state index in [2.05, 4.69) is 36.3 Å². The van der Waals surface area contributed by atoms with Crippen LogP contribution in [0.4, 0.5) is 0 Å². The second kappa shape index (κ2) is 24.6. The predicted octanol–water partition coefficient (Wildman–Crippen LogP) is 1.36. The Morgan fingerprint density at radius 2 is 1.23 bits per heavy atom. The molecule has 0 spiro atoms. The van der Waals surface area contributed by atoms with E-state index in [0.717, 1.165) is 30.9 Å². The van der Waals surface area contributed by atoms with E-state index < -0.39 is 11.9 Å². The van der Waals surface area contributed by atoms with Crippen LogP contribution in [-0.2, 0) is 25.7 Å². The number of aliphatic carboxylic acids is 2. The molecule has 0 aromatic heterocycles. The van der Waals surface area contributed by atoms with Gasteiger partial charge in [-0.2, -0.15) is 0 Å². The number of unbranched alkanes of at least 4 members (excludes halogenated alkanes) is 1. The summed E-state index contributed by atoms with van der Waals surface area (Å²) in [6.45, 7) is 12.5. The first-order valence-corrected chi connectivity index (χ1v) is 16.6. The molecular weight excluding hydrogens is 608 g/mol. The number of nitrogens with zero attached hydrogens (tertiary/aromatic N) is 4. The Bertz CT molecular complexity index is 1070. The van der Waals surface area contributed by atoms with E-state index >= 15 is 0 Å². The highest BCUT2D eigenvalue weighted by Crippen LogP contribution is 2.11. The van der Waals surface area contributed by atoms with Crippen molar-refractivity contribution < 1.29 is 39.3 Å². The molecule has 1 heterocycles. The zero-order chi connectivity index (χ0) is 35.0. The van der Waals surface area contributed by atoms with Gasteiger partial charge in [-0.05, 0) is 36.6 Å². The van der Waals surface area contributed by atoms with Crippen LogP contribution >= 0.6 is 0 Å². The number of carbonyl (C=O) groups is 5. The molecule has 1 aliphatic rings. The maximum Gasteiger partial charge on any atom is 0.317 e. The molecule has 1 fully saturated rings. The highest BCUT2D eigenvalue weighted by atomic mass is 16.4. The Kier molecular flexibility index (Phi) is 21.7. The molecule has 266 valence electrons. The SMILES string of the molecule is CCC(C)CCCCNC(=O)c1ccc(CNC(=O)CN2CCN(CC)CCN(CC(=O)O)CCN(CC(=O)O)CC2)cc1.O=CO. The molecule has 14 nitrogen and oxygen atoms in total. The van der Waals surface area contributed by atoms with Gasteiger partial charge in [0, 0.05) is 71.0 Å². The summed E-state index contributed by atoms with van der Waals surface area (Å²) in [6, 6.07) is 7.26. The normalized spacial score (nSPS) is 16.4. The van der Waals surface area contributed by atoms with Gasteiger partial charge in [0.25, 0.3) is 12.4 Å². The van der Waals surface area contributed by atoms with Crippen molar-refractivity contribution in [1.82, 2.24) is 30.2 Å².